The maximum atomic E-state index is 12.4. The van der Waals surface area contributed by atoms with Gasteiger partial charge in [-0.3, -0.25) is 4.57 Å². The Labute approximate surface area is 181 Å². The second kappa shape index (κ2) is 8.19. The highest BCUT2D eigenvalue weighted by atomic mass is 35.5. The molecule has 0 saturated carbocycles. The molecule has 1 aliphatic rings. The zero-order valence-corrected chi connectivity index (χ0v) is 18.2. The number of amides is 1. The quantitative estimate of drug-likeness (QED) is 0.579. The molecule has 30 heavy (non-hydrogen) atoms. The number of carbonyl (C=O) groups is 1. The van der Waals surface area contributed by atoms with E-state index in [0.29, 0.717) is 30.7 Å². The summed E-state index contributed by atoms with van der Waals surface area (Å²) in [4.78, 5) is 18.7. The number of benzene rings is 2. The fourth-order valence-corrected chi connectivity index (χ4v) is 3.75. The third-order valence-electron chi connectivity index (χ3n) is 4.97. The van der Waals surface area contributed by atoms with Crippen LogP contribution in [-0.4, -0.2) is 45.3 Å². The van der Waals surface area contributed by atoms with E-state index in [4.69, 9.17) is 26.1 Å². The third kappa shape index (κ3) is 4.54. The van der Waals surface area contributed by atoms with Crippen molar-refractivity contribution in [1.82, 2.24) is 14.5 Å². The van der Waals surface area contributed by atoms with Crippen LogP contribution in [-0.2, 0) is 11.3 Å². The van der Waals surface area contributed by atoms with Gasteiger partial charge in [0.1, 0.15) is 11.7 Å². The summed E-state index contributed by atoms with van der Waals surface area (Å²) in [5.74, 6) is 0. The number of imidazole rings is 1. The number of fused-ring (bicyclic) bond motifs is 1. The zero-order valence-electron chi connectivity index (χ0n) is 17.5. The monoisotopic (exact) mass is 427 g/mol. The lowest BCUT2D eigenvalue weighted by molar-refractivity contribution is 0.0273. The summed E-state index contributed by atoms with van der Waals surface area (Å²) in [6.07, 6.45) is 0.284. The summed E-state index contributed by atoms with van der Waals surface area (Å²) in [7, 11) is 0. The SMILES string of the molecule is CC(C)(C)OC(=O)N1CC[C@H](Oc2nc3ccccc3n2Cc2ccccc2Cl)C1. The molecular formula is C23H26ClN3O3. The van der Waals surface area contributed by atoms with E-state index in [-0.39, 0.29) is 12.2 Å². The van der Waals surface area contributed by atoms with Crippen LogP contribution in [0.5, 0.6) is 6.01 Å². The van der Waals surface area contributed by atoms with Crippen LogP contribution < -0.4 is 4.74 Å². The largest absolute Gasteiger partial charge is 0.459 e. The second-order valence-corrected chi connectivity index (χ2v) is 8.92. The number of halogens is 1. The van der Waals surface area contributed by atoms with Crippen molar-refractivity contribution >= 4 is 28.7 Å². The van der Waals surface area contributed by atoms with E-state index in [1.165, 1.54) is 0 Å². The van der Waals surface area contributed by atoms with Crippen LogP contribution in [0.2, 0.25) is 5.02 Å². The maximum absolute atomic E-state index is 12.4. The lowest BCUT2D eigenvalue weighted by Gasteiger charge is -2.24. The molecule has 0 radical (unpaired) electrons. The molecule has 1 saturated heterocycles. The summed E-state index contributed by atoms with van der Waals surface area (Å²) in [5, 5.41) is 0.707. The third-order valence-corrected chi connectivity index (χ3v) is 5.34. The molecule has 0 bridgehead atoms. The molecule has 1 aliphatic heterocycles. The second-order valence-electron chi connectivity index (χ2n) is 8.52. The lowest BCUT2D eigenvalue weighted by Crippen LogP contribution is -2.36. The number of ether oxygens (including phenoxy) is 2. The normalized spacial score (nSPS) is 16.8. The smallest absolute Gasteiger partial charge is 0.410 e. The number of carbonyl (C=O) groups excluding carboxylic acids is 1. The van der Waals surface area contributed by atoms with Gasteiger partial charge < -0.3 is 14.4 Å². The molecule has 6 nitrogen and oxygen atoms in total. The van der Waals surface area contributed by atoms with Gasteiger partial charge in [-0.1, -0.05) is 41.9 Å². The molecular weight excluding hydrogens is 402 g/mol. The Hall–Kier alpha value is -2.73. The Balaban J connectivity index is 1.55. The lowest BCUT2D eigenvalue weighted by atomic mass is 10.2. The fraction of sp³-hybridized carbons (Fsp3) is 0.391. The van der Waals surface area contributed by atoms with Crippen LogP contribution in [0.25, 0.3) is 11.0 Å². The van der Waals surface area contributed by atoms with E-state index in [0.717, 1.165) is 23.0 Å². The fourth-order valence-electron chi connectivity index (χ4n) is 3.56. The Bertz CT molecular complexity index is 1060. The van der Waals surface area contributed by atoms with Crippen LogP contribution in [0.3, 0.4) is 0 Å². The molecule has 2 aromatic carbocycles. The van der Waals surface area contributed by atoms with E-state index in [1.54, 1.807) is 4.90 Å². The Morgan fingerprint density at radius 3 is 2.67 bits per heavy atom. The molecule has 1 atom stereocenters. The molecule has 2 heterocycles. The van der Waals surface area contributed by atoms with Gasteiger partial charge in [-0.2, -0.15) is 4.98 Å². The van der Waals surface area contributed by atoms with Crippen LogP contribution >= 0.6 is 11.6 Å². The maximum Gasteiger partial charge on any atom is 0.410 e. The van der Waals surface area contributed by atoms with Crippen molar-refractivity contribution in [3.63, 3.8) is 0 Å². The minimum absolute atomic E-state index is 0.140. The van der Waals surface area contributed by atoms with Crippen molar-refractivity contribution in [1.29, 1.82) is 0 Å². The molecule has 158 valence electrons. The summed E-state index contributed by atoms with van der Waals surface area (Å²) in [6.45, 7) is 7.23. The first-order chi connectivity index (χ1) is 14.3. The van der Waals surface area contributed by atoms with Crippen molar-refractivity contribution < 1.29 is 14.3 Å². The molecule has 4 rings (SSSR count). The Morgan fingerprint density at radius 2 is 1.90 bits per heavy atom. The molecule has 0 spiro atoms. The molecule has 1 amide bonds. The number of likely N-dealkylation sites (tertiary alicyclic amines) is 1. The van der Waals surface area contributed by atoms with Gasteiger partial charge in [0.05, 0.1) is 24.1 Å². The first kappa shape index (κ1) is 20.5. The van der Waals surface area contributed by atoms with Gasteiger partial charge in [-0.15, -0.1) is 0 Å². The van der Waals surface area contributed by atoms with Gasteiger partial charge in [0.15, 0.2) is 0 Å². The van der Waals surface area contributed by atoms with Gasteiger partial charge in [-0.05, 0) is 44.5 Å². The molecule has 7 heteroatoms. The molecule has 1 fully saturated rings. The highest BCUT2D eigenvalue weighted by Gasteiger charge is 2.32. The average molecular weight is 428 g/mol. The minimum Gasteiger partial charge on any atom is -0.459 e. The zero-order chi connectivity index (χ0) is 21.3. The summed E-state index contributed by atoms with van der Waals surface area (Å²) in [5.41, 5.74) is 2.32. The number of rotatable bonds is 4. The standard InChI is InChI=1S/C23H26ClN3O3/c1-23(2,3)30-22(28)26-13-12-17(15-26)29-21-25-19-10-6-7-11-20(19)27(21)14-16-8-4-5-9-18(16)24/h4-11,17H,12-15H2,1-3H3/t17-/m0/s1. The van der Waals surface area contributed by atoms with Crippen molar-refractivity contribution in [3.8, 4) is 6.01 Å². The Kier molecular flexibility index (Phi) is 5.60. The molecule has 0 aliphatic carbocycles. The van der Waals surface area contributed by atoms with Crippen molar-refractivity contribution in [2.45, 2.75) is 45.4 Å². The highest BCUT2D eigenvalue weighted by Crippen LogP contribution is 2.27. The predicted octanol–water partition coefficient (Wildman–Crippen LogP) is 5.13. The van der Waals surface area contributed by atoms with Crippen molar-refractivity contribution in [3.05, 3.63) is 59.1 Å². The van der Waals surface area contributed by atoms with Crippen LogP contribution in [0.4, 0.5) is 4.79 Å². The number of para-hydroxylation sites is 2. The summed E-state index contributed by atoms with van der Waals surface area (Å²) >= 11 is 6.39. The number of hydrogen-bond acceptors (Lipinski definition) is 4. The summed E-state index contributed by atoms with van der Waals surface area (Å²) in [6, 6.07) is 16.2. The highest BCUT2D eigenvalue weighted by molar-refractivity contribution is 6.31. The minimum atomic E-state index is -0.515. The predicted molar refractivity (Wildman–Crippen MR) is 117 cm³/mol. The van der Waals surface area contributed by atoms with E-state index >= 15 is 0 Å². The number of nitrogens with zero attached hydrogens (tertiary/aromatic N) is 3. The van der Waals surface area contributed by atoms with Crippen LogP contribution in [0, 0.1) is 0 Å². The van der Waals surface area contributed by atoms with Gasteiger partial charge in [0.2, 0.25) is 0 Å². The van der Waals surface area contributed by atoms with Crippen LogP contribution in [0.1, 0.15) is 32.8 Å². The van der Waals surface area contributed by atoms with Gasteiger partial charge in [0.25, 0.3) is 6.01 Å². The average Bonchev–Trinajstić information content (AvgIpc) is 3.28. The van der Waals surface area contributed by atoms with Gasteiger partial charge in [-0.25, -0.2) is 4.79 Å². The van der Waals surface area contributed by atoms with Crippen molar-refractivity contribution in [2.24, 2.45) is 0 Å². The summed E-state index contributed by atoms with van der Waals surface area (Å²) < 4.78 is 13.8. The van der Waals surface area contributed by atoms with E-state index in [1.807, 2.05) is 73.9 Å². The van der Waals surface area contributed by atoms with Crippen molar-refractivity contribution in [2.75, 3.05) is 13.1 Å². The van der Waals surface area contributed by atoms with Gasteiger partial charge in [0, 0.05) is 18.0 Å². The molecule has 0 N–H and O–H groups in total. The molecule has 0 unspecified atom stereocenters. The van der Waals surface area contributed by atoms with E-state index < -0.39 is 5.60 Å². The molecule has 3 aromatic rings. The van der Waals surface area contributed by atoms with Crippen LogP contribution in [0.15, 0.2) is 48.5 Å². The first-order valence-corrected chi connectivity index (χ1v) is 10.5. The van der Waals surface area contributed by atoms with Gasteiger partial charge >= 0.3 is 6.09 Å². The Morgan fingerprint density at radius 1 is 1.17 bits per heavy atom. The molecule has 1 aromatic heterocycles. The number of aromatic nitrogens is 2. The van der Waals surface area contributed by atoms with E-state index in [9.17, 15) is 4.79 Å². The number of hydrogen-bond donors (Lipinski definition) is 0. The first-order valence-electron chi connectivity index (χ1n) is 10.1. The van der Waals surface area contributed by atoms with E-state index in [2.05, 4.69) is 0 Å². The topological polar surface area (TPSA) is 56.6 Å².